The van der Waals surface area contributed by atoms with Crippen LogP contribution in [0.4, 0.5) is 0 Å². The lowest BCUT2D eigenvalue weighted by molar-refractivity contribution is -0.00147. The molecule has 2 aromatic rings. The Hall–Kier alpha value is -2.30. The molecule has 4 saturated carbocycles. The van der Waals surface area contributed by atoms with Crippen LogP contribution in [0.3, 0.4) is 0 Å². The first-order valence-electron chi connectivity index (χ1n) is 9.42. The first-order valence-corrected chi connectivity index (χ1v) is 9.42. The van der Waals surface area contributed by atoms with Crippen LogP contribution in [0.5, 0.6) is 0 Å². The number of nitrogens with zero attached hydrogens (tertiary/aromatic N) is 3. The molecule has 124 valence electrons. The average molecular weight is 331 g/mol. The lowest BCUT2D eigenvalue weighted by Gasteiger charge is -2.49. The third-order valence-corrected chi connectivity index (χ3v) is 8.88. The normalized spacial score (nSPS) is 50.6. The number of allylic oxidation sites excluding steroid dienone is 2. The maximum absolute atomic E-state index is 13.3. The summed E-state index contributed by atoms with van der Waals surface area (Å²) in [6, 6.07) is 9.91. The van der Waals surface area contributed by atoms with Crippen LogP contribution in [0.2, 0.25) is 0 Å². The van der Waals surface area contributed by atoms with Gasteiger partial charge in [-0.05, 0) is 48.6 Å². The van der Waals surface area contributed by atoms with Gasteiger partial charge in [0.05, 0.1) is 17.8 Å². The second-order valence-corrected chi connectivity index (χ2v) is 8.99. The lowest BCUT2D eigenvalue weighted by Crippen LogP contribution is -2.53. The SMILES string of the molecule is O=c1n(-c2ccccc2)c(=O)n2n1[C@H]1[C@H]3C4C5[C@@]16CC=CC[C@]56[C@H]2[C@@H]43. The summed E-state index contributed by atoms with van der Waals surface area (Å²) in [5, 5.41) is 0. The topological polar surface area (TPSA) is 48.9 Å². The molecule has 3 heterocycles. The lowest BCUT2D eigenvalue weighted by atomic mass is 9.67. The highest BCUT2D eigenvalue weighted by molar-refractivity contribution is 5.51. The molecule has 0 saturated heterocycles. The van der Waals surface area contributed by atoms with Gasteiger partial charge in [0.15, 0.2) is 0 Å². The van der Waals surface area contributed by atoms with Crippen molar-refractivity contribution < 1.29 is 0 Å². The summed E-state index contributed by atoms with van der Waals surface area (Å²) < 4.78 is 5.19. The van der Waals surface area contributed by atoms with Crippen LogP contribution < -0.4 is 11.4 Å². The van der Waals surface area contributed by atoms with Crippen molar-refractivity contribution in [3.63, 3.8) is 0 Å². The Kier molecular flexibility index (Phi) is 1.51. The second-order valence-electron chi connectivity index (χ2n) is 8.99. The van der Waals surface area contributed by atoms with Gasteiger partial charge in [-0.15, -0.1) is 0 Å². The number of aromatic nitrogens is 3. The molecule has 8 atom stereocenters. The molecule has 2 aliphatic heterocycles. The standard InChI is InChI=1S/C20H17N3O2/c24-17-21(10-6-2-1-3-7-10)18(25)23-16-13-11-12(13)15(22(17)23)19-8-4-5-9-20(16,19)14(11)19/h1-7,11-16H,8-9H2/t11?,12-,13-,14?,15-,16+,19-,20+/m0/s1. The van der Waals surface area contributed by atoms with Crippen molar-refractivity contribution in [2.75, 3.05) is 0 Å². The third-order valence-electron chi connectivity index (χ3n) is 8.88. The van der Waals surface area contributed by atoms with Gasteiger partial charge >= 0.3 is 11.4 Å². The maximum atomic E-state index is 13.3. The Bertz CT molecular complexity index is 1090. The van der Waals surface area contributed by atoms with Crippen molar-refractivity contribution in [1.82, 2.24) is 13.9 Å². The zero-order valence-corrected chi connectivity index (χ0v) is 13.6. The van der Waals surface area contributed by atoms with Crippen LogP contribution in [0.15, 0.2) is 52.1 Å². The molecule has 5 aliphatic carbocycles. The molecule has 9 rings (SSSR count). The predicted octanol–water partition coefficient (Wildman–Crippen LogP) is 1.74. The highest BCUT2D eigenvalue weighted by Crippen LogP contribution is 3.04. The molecule has 2 spiro atoms. The smallest absolute Gasteiger partial charge is 0.245 e. The summed E-state index contributed by atoms with van der Waals surface area (Å²) in [6.45, 7) is 0. The van der Waals surface area contributed by atoms with E-state index in [0.29, 0.717) is 17.5 Å². The Morgan fingerprint density at radius 1 is 0.800 bits per heavy atom. The van der Waals surface area contributed by atoms with E-state index in [4.69, 9.17) is 0 Å². The van der Waals surface area contributed by atoms with E-state index in [-0.39, 0.29) is 34.3 Å². The van der Waals surface area contributed by atoms with Crippen molar-refractivity contribution in [3.05, 3.63) is 63.5 Å². The maximum Gasteiger partial charge on any atom is 0.352 e. The monoisotopic (exact) mass is 331 g/mol. The van der Waals surface area contributed by atoms with E-state index in [9.17, 15) is 9.59 Å². The number of hydrogen-bond acceptors (Lipinski definition) is 2. The highest BCUT2D eigenvalue weighted by Gasteiger charge is 3.02. The van der Waals surface area contributed by atoms with Crippen LogP contribution >= 0.6 is 0 Å². The zero-order chi connectivity index (χ0) is 16.3. The molecule has 1 aromatic carbocycles. The van der Waals surface area contributed by atoms with Crippen LogP contribution in [0.1, 0.15) is 24.9 Å². The van der Waals surface area contributed by atoms with E-state index in [1.54, 1.807) is 0 Å². The van der Waals surface area contributed by atoms with Gasteiger partial charge in [0.1, 0.15) is 0 Å². The molecule has 7 aliphatic rings. The van der Waals surface area contributed by atoms with Gasteiger partial charge in [-0.2, -0.15) is 0 Å². The van der Waals surface area contributed by atoms with Gasteiger partial charge in [0, 0.05) is 10.8 Å². The average Bonchev–Trinajstić information content (AvgIpc) is 3.41. The molecule has 2 bridgehead atoms. The van der Waals surface area contributed by atoms with Gasteiger partial charge in [0.2, 0.25) is 0 Å². The molecule has 0 N–H and O–H groups in total. The molecule has 1 aromatic heterocycles. The third kappa shape index (κ3) is 0.847. The van der Waals surface area contributed by atoms with Gasteiger partial charge < -0.3 is 0 Å². The minimum Gasteiger partial charge on any atom is -0.245 e. The van der Waals surface area contributed by atoms with Crippen LogP contribution in [-0.4, -0.2) is 13.9 Å². The van der Waals surface area contributed by atoms with Gasteiger partial charge in [-0.25, -0.2) is 23.5 Å². The fourth-order valence-corrected chi connectivity index (χ4v) is 8.62. The van der Waals surface area contributed by atoms with E-state index >= 15 is 0 Å². The number of rotatable bonds is 1. The molecule has 4 fully saturated rings. The van der Waals surface area contributed by atoms with Crippen molar-refractivity contribution in [3.8, 4) is 5.69 Å². The van der Waals surface area contributed by atoms with Crippen LogP contribution in [-0.2, 0) is 0 Å². The van der Waals surface area contributed by atoms with Gasteiger partial charge in [-0.1, -0.05) is 30.4 Å². The highest BCUT2D eigenvalue weighted by atomic mass is 16.2. The van der Waals surface area contributed by atoms with Crippen molar-refractivity contribution >= 4 is 0 Å². The van der Waals surface area contributed by atoms with Crippen molar-refractivity contribution in [1.29, 1.82) is 0 Å². The first kappa shape index (κ1) is 12.1. The molecule has 2 unspecified atom stereocenters. The number of hydrogen-bond donors (Lipinski definition) is 0. The van der Waals surface area contributed by atoms with Gasteiger partial charge in [0.25, 0.3) is 0 Å². The van der Waals surface area contributed by atoms with Crippen LogP contribution in [0, 0.1) is 34.5 Å². The quantitative estimate of drug-likeness (QED) is 0.748. The Morgan fingerprint density at radius 2 is 1.36 bits per heavy atom. The summed E-state index contributed by atoms with van der Waals surface area (Å²) in [7, 11) is 0. The van der Waals surface area contributed by atoms with E-state index in [2.05, 4.69) is 12.2 Å². The fourth-order valence-electron chi connectivity index (χ4n) is 8.62. The fraction of sp³-hybridized carbons (Fsp3) is 0.500. The number of benzene rings is 1. The summed E-state index contributed by atoms with van der Waals surface area (Å²) in [5.74, 6) is 2.86. The second kappa shape index (κ2) is 3.11. The summed E-state index contributed by atoms with van der Waals surface area (Å²) in [5.41, 5.74) is 1.02. The number of para-hydroxylation sites is 1. The summed E-state index contributed by atoms with van der Waals surface area (Å²) in [6.07, 6.45) is 6.88. The predicted molar refractivity (Wildman–Crippen MR) is 89.6 cm³/mol. The molecule has 0 amide bonds. The Balaban J connectivity index is 1.48. The van der Waals surface area contributed by atoms with Crippen molar-refractivity contribution in [2.24, 2.45) is 34.5 Å². The van der Waals surface area contributed by atoms with E-state index < -0.39 is 0 Å². The molecular weight excluding hydrogens is 314 g/mol. The van der Waals surface area contributed by atoms with Crippen LogP contribution in [0.25, 0.3) is 5.69 Å². The largest absolute Gasteiger partial charge is 0.352 e. The summed E-state index contributed by atoms with van der Waals surface area (Å²) in [4.78, 5) is 26.6. The molecule has 0 radical (unpaired) electrons. The Labute approximate surface area is 143 Å². The Morgan fingerprint density at radius 3 is 1.92 bits per heavy atom. The van der Waals surface area contributed by atoms with E-state index in [1.807, 2.05) is 39.7 Å². The molecule has 25 heavy (non-hydrogen) atoms. The molecule has 5 heteroatoms. The first-order chi connectivity index (χ1) is 12.2. The van der Waals surface area contributed by atoms with E-state index in [1.165, 1.54) is 4.57 Å². The minimum absolute atomic E-state index is 0.125. The summed E-state index contributed by atoms with van der Waals surface area (Å²) >= 11 is 0. The molecule has 5 nitrogen and oxygen atoms in total. The zero-order valence-electron chi connectivity index (χ0n) is 13.6. The molecular formula is C20H17N3O2. The minimum atomic E-state index is -0.125. The van der Waals surface area contributed by atoms with E-state index in [0.717, 1.165) is 24.7 Å². The van der Waals surface area contributed by atoms with Crippen molar-refractivity contribution in [2.45, 2.75) is 24.9 Å². The van der Waals surface area contributed by atoms with Gasteiger partial charge in [-0.3, -0.25) is 0 Å².